The second-order valence-corrected chi connectivity index (χ2v) is 4.86. The molecule has 4 heteroatoms. The lowest BCUT2D eigenvalue weighted by atomic mass is 9.99. The third kappa shape index (κ3) is 3.73. The van der Waals surface area contributed by atoms with Crippen LogP contribution in [0.25, 0.3) is 0 Å². The predicted octanol–water partition coefficient (Wildman–Crippen LogP) is 3.45. The molecular weight excluding hydrogens is 282 g/mol. The zero-order valence-electron chi connectivity index (χ0n) is 10.4. The first-order valence-corrected chi connectivity index (χ1v) is 6.48. The largest absolute Gasteiger partial charge is 0.467 e. The van der Waals surface area contributed by atoms with Gasteiger partial charge in [-0.25, -0.2) is 4.79 Å². The Morgan fingerprint density at radius 1 is 1.47 bits per heavy atom. The van der Waals surface area contributed by atoms with Crippen LogP contribution in [0.4, 0.5) is 5.69 Å². The molecule has 1 aromatic carbocycles. The molecule has 1 rings (SSSR count). The van der Waals surface area contributed by atoms with Gasteiger partial charge in [-0.1, -0.05) is 32.4 Å². The zero-order chi connectivity index (χ0) is 12.8. The van der Waals surface area contributed by atoms with Gasteiger partial charge in [-0.05, 0) is 34.0 Å². The maximum Gasteiger partial charge on any atom is 0.328 e. The Morgan fingerprint density at radius 2 is 2.12 bits per heavy atom. The highest BCUT2D eigenvalue weighted by molar-refractivity contribution is 9.10. The number of rotatable bonds is 5. The number of hydrogen-bond donors (Lipinski definition) is 1. The smallest absolute Gasteiger partial charge is 0.328 e. The number of anilines is 1. The Bertz CT molecular complexity index is 381. The van der Waals surface area contributed by atoms with Crippen LogP contribution >= 0.6 is 15.9 Å². The van der Waals surface area contributed by atoms with E-state index in [1.165, 1.54) is 7.11 Å². The van der Waals surface area contributed by atoms with Gasteiger partial charge >= 0.3 is 5.97 Å². The second kappa shape index (κ2) is 6.64. The van der Waals surface area contributed by atoms with Crippen molar-refractivity contribution in [1.82, 2.24) is 0 Å². The molecule has 0 bridgehead atoms. The van der Waals surface area contributed by atoms with E-state index < -0.39 is 0 Å². The van der Waals surface area contributed by atoms with Gasteiger partial charge < -0.3 is 10.1 Å². The quantitative estimate of drug-likeness (QED) is 0.846. The Balaban J connectivity index is 2.87. The number of benzene rings is 1. The highest BCUT2D eigenvalue weighted by atomic mass is 79.9. The Morgan fingerprint density at radius 3 is 2.65 bits per heavy atom. The minimum absolute atomic E-state index is 0.217. The Hall–Kier alpha value is -1.03. The summed E-state index contributed by atoms with van der Waals surface area (Å²) in [5.74, 6) is -0.00957. The van der Waals surface area contributed by atoms with E-state index in [2.05, 4.69) is 28.2 Å². The number of methoxy groups -OCH3 is 1. The van der Waals surface area contributed by atoms with E-state index in [1.54, 1.807) is 0 Å². The van der Waals surface area contributed by atoms with Gasteiger partial charge in [-0.3, -0.25) is 0 Å². The predicted molar refractivity (Wildman–Crippen MR) is 73.0 cm³/mol. The lowest BCUT2D eigenvalue weighted by molar-refractivity contribution is -0.142. The molecule has 2 unspecified atom stereocenters. The van der Waals surface area contributed by atoms with Gasteiger partial charge in [0.1, 0.15) is 6.04 Å². The van der Waals surface area contributed by atoms with Crippen molar-refractivity contribution in [3.8, 4) is 0 Å². The molecule has 0 radical (unpaired) electrons. The van der Waals surface area contributed by atoms with E-state index in [9.17, 15) is 4.79 Å². The summed E-state index contributed by atoms with van der Waals surface area (Å²) in [5.41, 5.74) is 0.906. The van der Waals surface area contributed by atoms with Crippen molar-refractivity contribution in [3.63, 3.8) is 0 Å². The molecule has 0 spiro atoms. The van der Waals surface area contributed by atoms with Gasteiger partial charge in [0, 0.05) is 10.2 Å². The van der Waals surface area contributed by atoms with E-state index in [0.29, 0.717) is 0 Å². The van der Waals surface area contributed by atoms with Crippen molar-refractivity contribution in [2.24, 2.45) is 5.92 Å². The van der Waals surface area contributed by atoms with Crippen LogP contribution in [-0.2, 0) is 9.53 Å². The van der Waals surface area contributed by atoms with E-state index in [-0.39, 0.29) is 17.9 Å². The Kier molecular flexibility index (Phi) is 5.48. The molecule has 17 heavy (non-hydrogen) atoms. The van der Waals surface area contributed by atoms with E-state index in [4.69, 9.17) is 4.74 Å². The fourth-order valence-corrected chi connectivity index (χ4v) is 1.94. The number of carbonyl (C=O) groups excluding carboxylic acids is 1. The summed E-state index contributed by atoms with van der Waals surface area (Å²) >= 11 is 3.45. The lowest BCUT2D eigenvalue weighted by Crippen LogP contribution is -2.36. The molecule has 3 nitrogen and oxygen atoms in total. The molecule has 0 saturated carbocycles. The number of halogens is 1. The maximum atomic E-state index is 11.7. The van der Waals surface area contributed by atoms with Crippen molar-refractivity contribution in [2.45, 2.75) is 26.3 Å². The number of hydrogen-bond acceptors (Lipinski definition) is 3. The number of nitrogens with one attached hydrogen (secondary N) is 1. The van der Waals surface area contributed by atoms with E-state index >= 15 is 0 Å². The first-order valence-electron chi connectivity index (χ1n) is 5.69. The third-order valence-corrected chi connectivity index (χ3v) is 3.54. The SMILES string of the molecule is CCC(C)C(Nc1ccccc1Br)C(=O)OC. The summed E-state index contributed by atoms with van der Waals surface area (Å²) in [6.07, 6.45) is 0.914. The average molecular weight is 300 g/mol. The highest BCUT2D eigenvalue weighted by Gasteiger charge is 2.25. The second-order valence-electron chi connectivity index (χ2n) is 4.01. The number of para-hydroxylation sites is 1. The highest BCUT2D eigenvalue weighted by Crippen LogP contribution is 2.24. The van der Waals surface area contributed by atoms with Crippen LogP contribution in [0.2, 0.25) is 0 Å². The molecule has 0 aliphatic carbocycles. The average Bonchev–Trinajstić information content (AvgIpc) is 2.36. The molecule has 0 aliphatic rings. The van der Waals surface area contributed by atoms with Crippen LogP contribution in [0.5, 0.6) is 0 Å². The van der Waals surface area contributed by atoms with E-state index in [0.717, 1.165) is 16.6 Å². The van der Waals surface area contributed by atoms with Gasteiger partial charge in [0.25, 0.3) is 0 Å². The van der Waals surface area contributed by atoms with Crippen molar-refractivity contribution in [2.75, 3.05) is 12.4 Å². The fourth-order valence-electron chi connectivity index (χ4n) is 1.54. The molecule has 94 valence electrons. The topological polar surface area (TPSA) is 38.3 Å². The minimum atomic E-state index is -0.316. The molecule has 0 amide bonds. The molecular formula is C13H18BrNO2. The summed E-state index contributed by atoms with van der Waals surface area (Å²) in [6, 6.07) is 7.42. The summed E-state index contributed by atoms with van der Waals surface area (Å²) in [7, 11) is 1.42. The summed E-state index contributed by atoms with van der Waals surface area (Å²) < 4.78 is 5.77. The minimum Gasteiger partial charge on any atom is -0.467 e. The molecule has 1 aromatic rings. The van der Waals surface area contributed by atoms with Gasteiger partial charge in [0.2, 0.25) is 0 Å². The van der Waals surface area contributed by atoms with Crippen LogP contribution in [0.3, 0.4) is 0 Å². The summed E-state index contributed by atoms with van der Waals surface area (Å²) in [5, 5.41) is 3.23. The summed E-state index contributed by atoms with van der Waals surface area (Å²) in [6.45, 7) is 4.09. The maximum absolute atomic E-state index is 11.7. The van der Waals surface area contributed by atoms with Crippen molar-refractivity contribution >= 4 is 27.6 Å². The molecule has 0 aliphatic heterocycles. The number of ether oxygens (including phenoxy) is 1. The Labute approximate surface area is 111 Å². The first kappa shape index (κ1) is 14.0. The van der Waals surface area contributed by atoms with Crippen molar-refractivity contribution in [3.05, 3.63) is 28.7 Å². The van der Waals surface area contributed by atoms with Gasteiger partial charge in [-0.2, -0.15) is 0 Å². The van der Waals surface area contributed by atoms with Crippen molar-refractivity contribution < 1.29 is 9.53 Å². The van der Waals surface area contributed by atoms with Crippen LogP contribution in [-0.4, -0.2) is 19.1 Å². The van der Waals surface area contributed by atoms with Crippen LogP contribution in [0.1, 0.15) is 20.3 Å². The van der Waals surface area contributed by atoms with Crippen molar-refractivity contribution in [1.29, 1.82) is 0 Å². The van der Waals surface area contributed by atoms with Crippen LogP contribution in [0, 0.1) is 5.92 Å². The van der Waals surface area contributed by atoms with Gasteiger partial charge in [-0.15, -0.1) is 0 Å². The normalized spacial score (nSPS) is 13.9. The molecule has 2 atom stereocenters. The molecule has 0 aromatic heterocycles. The number of carbonyl (C=O) groups is 1. The van der Waals surface area contributed by atoms with Crippen LogP contribution < -0.4 is 5.32 Å². The lowest BCUT2D eigenvalue weighted by Gasteiger charge is -2.23. The molecule has 1 N–H and O–H groups in total. The molecule has 0 heterocycles. The monoisotopic (exact) mass is 299 g/mol. The zero-order valence-corrected chi connectivity index (χ0v) is 12.0. The molecule has 0 saturated heterocycles. The summed E-state index contributed by atoms with van der Waals surface area (Å²) in [4.78, 5) is 11.7. The van der Waals surface area contributed by atoms with Gasteiger partial charge in [0.15, 0.2) is 0 Å². The fraction of sp³-hybridized carbons (Fsp3) is 0.462. The first-order chi connectivity index (χ1) is 8.10. The standard InChI is InChI=1S/C13H18BrNO2/c1-4-9(2)12(13(16)17-3)15-11-8-6-5-7-10(11)14/h5-9,12,15H,4H2,1-3H3. The third-order valence-electron chi connectivity index (χ3n) is 2.85. The number of esters is 1. The van der Waals surface area contributed by atoms with Crippen LogP contribution in [0.15, 0.2) is 28.7 Å². The van der Waals surface area contributed by atoms with E-state index in [1.807, 2.05) is 31.2 Å². The molecule has 0 fully saturated rings. The van der Waals surface area contributed by atoms with Gasteiger partial charge in [0.05, 0.1) is 7.11 Å².